The Hall–Kier alpha value is -0.900. The average Bonchev–Trinajstić information content (AvgIpc) is 2.62. The van der Waals surface area contributed by atoms with Gasteiger partial charge in [-0.3, -0.25) is 0 Å². The van der Waals surface area contributed by atoms with Gasteiger partial charge in [0, 0.05) is 19.0 Å². The Kier molecular flexibility index (Phi) is 3.05. The van der Waals surface area contributed by atoms with E-state index in [1.807, 2.05) is 0 Å². The second-order valence-corrected chi connectivity index (χ2v) is 4.52. The van der Waals surface area contributed by atoms with Gasteiger partial charge < -0.3 is 9.88 Å². The number of nitrogens with zero attached hydrogens (tertiary/aromatic N) is 3. The molecule has 0 aromatic carbocycles. The van der Waals surface area contributed by atoms with Gasteiger partial charge in [0.15, 0.2) is 0 Å². The summed E-state index contributed by atoms with van der Waals surface area (Å²) in [4.78, 5) is 0. The van der Waals surface area contributed by atoms with Gasteiger partial charge in [-0.25, -0.2) is 0 Å². The summed E-state index contributed by atoms with van der Waals surface area (Å²) in [6.07, 6.45) is 2.33. The van der Waals surface area contributed by atoms with Gasteiger partial charge >= 0.3 is 0 Å². The van der Waals surface area contributed by atoms with E-state index >= 15 is 0 Å². The molecule has 1 aromatic rings. The predicted molar refractivity (Wildman–Crippen MR) is 59.8 cm³/mol. The molecule has 0 fully saturated rings. The molecule has 0 amide bonds. The van der Waals surface area contributed by atoms with Gasteiger partial charge in [0.25, 0.3) is 0 Å². The van der Waals surface area contributed by atoms with E-state index in [9.17, 15) is 0 Å². The van der Waals surface area contributed by atoms with Crippen LogP contribution in [-0.4, -0.2) is 21.3 Å². The lowest BCUT2D eigenvalue weighted by molar-refractivity contribution is 0.385. The first kappa shape index (κ1) is 10.6. The first-order valence-corrected chi connectivity index (χ1v) is 5.90. The van der Waals surface area contributed by atoms with Crippen molar-refractivity contribution in [1.82, 2.24) is 20.1 Å². The van der Waals surface area contributed by atoms with Crippen LogP contribution in [0.5, 0.6) is 0 Å². The van der Waals surface area contributed by atoms with Crippen LogP contribution in [0.3, 0.4) is 0 Å². The Morgan fingerprint density at radius 3 is 2.93 bits per heavy atom. The van der Waals surface area contributed by atoms with Gasteiger partial charge in [-0.2, -0.15) is 0 Å². The molecule has 1 atom stereocenters. The normalized spacial score (nSPS) is 20.7. The molecule has 1 unspecified atom stereocenters. The van der Waals surface area contributed by atoms with Crippen molar-refractivity contribution in [2.24, 2.45) is 0 Å². The van der Waals surface area contributed by atoms with Crippen LogP contribution in [0.1, 0.15) is 57.2 Å². The molecular weight excluding hydrogens is 188 g/mol. The van der Waals surface area contributed by atoms with E-state index in [1.54, 1.807) is 0 Å². The van der Waals surface area contributed by atoms with Crippen LogP contribution in [0, 0.1) is 0 Å². The van der Waals surface area contributed by atoms with Gasteiger partial charge in [0.05, 0.1) is 6.04 Å². The molecule has 0 saturated heterocycles. The maximum atomic E-state index is 4.33. The molecule has 1 aliphatic rings. The predicted octanol–water partition coefficient (Wildman–Crippen LogP) is 1.85. The summed E-state index contributed by atoms with van der Waals surface area (Å²) in [5.41, 5.74) is 0. The third-order valence-electron chi connectivity index (χ3n) is 2.94. The first-order valence-electron chi connectivity index (χ1n) is 5.90. The number of rotatable bonds is 3. The van der Waals surface area contributed by atoms with Crippen LogP contribution in [0.2, 0.25) is 0 Å². The summed E-state index contributed by atoms with van der Waals surface area (Å²) in [7, 11) is 0. The molecule has 1 aromatic heterocycles. The first-order chi connectivity index (χ1) is 7.24. The smallest absolute Gasteiger partial charge is 0.150 e. The number of nitrogens with one attached hydrogen (secondary N) is 1. The molecule has 0 spiro atoms. The Labute approximate surface area is 91.1 Å². The minimum absolute atomic E-state index is 0.406. The number of aromatic nitrogens is 3. The van der Waals surface area contributed by atoms with Crippen molar-refractivity contribution < 1.29 is 0 Å². The highest BCUT2D eigenvalue weighted by Gasteiger charge is 2.24. The maximum Gasteiger partial charge on any atom is 0.150 e. The topological polar surface area (TPSA) is 42.7 Å². The highest BCUT2D eigenvalue weighted by molar-refractivity contribution is 5.06. The largest absolute Gasteiger partial charge is 0.312 e. The zero-order valence-corrected chi connectivity index (χ0v) is 9.82. The molecule has 2 heterocycles. The highest BCUT2D eigenvalue weighted by Crippen LogP contribution is 2.23. The van der Waals surface area contributed by atoms with Crippen molar-refractivity contribution in [2.75, 3.05) is 6.54 Å². The van der Waals surface area contributed by atoms with Crippen LogP contribution in [0.15, 0.2) is 0 Å². The summed E-state index contributed by atoms with van der Waals surface area (Å²) in [5.74, 6) is 2.73. The lowest BCUT2D eigenvalue weighted by Gasteiger charge is -2.25. The monoisotopic (exact) mass is 208 g/mol. The lowest BCUT2D eigenvalue weighted by Crippen LogP contribution is -2.34. The second kappa shape index (κ2) is 4.31. The summed E-state index contributed by atoms with van der Waals surface area (Å²) in [5, 5.41) is 12.1. The molecule has 15 heavy (non-hydrogen) atoms. The van der Waals surface area contributed by atoms with Crippen LogP contribution in [0.4, 0.5) is 0 Å². The molecule has 4 nitrogen and oxygen atoms in total. The van der Waals surface area contributed by atoms with Crippen molar-refractivity contribution >= 4 is 0 Å². The van der Waals surface area contributed by atoms with E-state index in [2.05, 4.69) is 40.9 Å². The molecule has 0 aliphatic carbocycles. The standard InChI is InChI=1S/C11H20N4/c1-4-5-9-11-14-13-10(8(2)3)15(11)7-6-12-9/h8-9,12H,4-7H2,1-3H3. The Morgan fingerprint density at radius 2 is 2.27 bits per heavy atom. The van der Waals surface area contributed by atoms with E-state index in [0.717, 1.165) is 31.2 Å². The molecule has 0 saturated carbocycles. The fraction of sp³-hybridized carbons (Fsp3) is 0.818. The Morgan fingerprint density at radius 1 is 1.47 bits per heavy atom. The van der Waals surface area contributed by atoms with Crippen molar-refractivity contribution in [3.05, 3.63) is 11.6 Å². The van der Waals surface area contributed by atoms with E-state index in [1.165, 1.54) is 6.42 Å². The van der Waals surface area contributed by atoms with Crippen molar-refractivity contribution in [3.8, 4) is 0 Å². The zero-order valence-electron chi connectivity index (χ0n) is 9.82. The summed E-state index contributed by atoms with van der Waals surface area (Å²) < 4.78 is 2.29. The van der Waals surface area contributed by atoms with E-state index in [0.29, 0.717) is 12.0 Å². The van der Waals surface area contributed by atoms with Gasteiger partial charge in [-0.1, -0.05) is 27.2 Å². The van der Waals surface area contributed by atoms with Crippen molar-refractivity contribution in [1.29, 1.82) is 0 Å². The second-order valence-electron chi connectivity index (χ2n) is 4.52. The molecule has 84 valence electrons. The average molecular weight is 208 g/mol. The van der Waals surface area contributed by atoms with Crippen LogP contribution in [-0.2, 0) is 6.54 Å². The summed E-state index contributed by atoms with van der Waals surface area (Å²) >= 11 is 0. The SMILES string of the molecule is CCCC1NCCn2c(C(C)C)nnc21. The molecular formula is C11H20N4. The summed E-state index contributed by atoms with van der Waals surface area (Å²) in [6.45, 7) is 8.61. The minimum Gasteiger partial charge on any atom is -0.312 e. The van der Waals surface area contributed by atoms with E-state index in [-0.39, 0.29) is 0 Å². The van der Waals surface area contributed by atoms with Crippen LogP contribution < -0.4 is 5.32 Å². The quantitative estimate of drug-likeness (QED) is 0.824. The summed E-state index contributed by atoms with van der Waals surface area (Å²) in [6, 6.07) is 0.406. The van der Waals surface area contributed by atoms with Crippen molar-refractivity contribution in [3.63, 3.8) is 0 Å². The number of fused-ring (bicyclic) bond motifs is 1. The van der Waals surface area contributed by atoms with Crippen LogP contribution in [0.25, 0.3) is 0 Å². The van der Waals surface area contributed by atoms with Gasteiger partial charge in [0.2, 0.25) is 0 Å². The zero-order chi connectivity index (χ0) is 10.8. The Balaban J connectivity index is 2.29. The van der Waals surface area contributed by atoms with Gasteiger partial charge in [-0.05, 0) is 6.42 Å². The maximum absolute atomic E-state index is 4.33. The van der Waals surface area contributed by atoms with Gasteiger partial charge in [-0.15, -0.1) is 10.2 Å². The van der Waals surface area contributed by atoms with Crippen LogP contribution >= 0.6 is 0 Å². The number of hydrogen-bond acceptors (Lipinski definition) is 3. The third-order valence-corrected chi connectivity index (χ3v) is 2.94. The fourth-order valence-electron chi connectivity index (χ4n) is 2.20. The minimum atomic E-state index is 0.406. The van der Waals surface area contributed by atoms with E-state index in [4.69, 9.17) is 0 Å². The number of hydrogen-bond donors (Lipinski definition) is 1. The van der Waals surface area contributed by atoms with E-state index < -0.39 is 0 Å². The van der Waals surface area contributed by atoms with Crippen molar-refractivity contribution in [2.45, 2.75) is 52.1 Å². The molecule has 0 bridgehead atoms. The molecule has 4 heteroatoms. The fourth-order valence-corrected chi connectivity index (χ4v) is 2.20. The molecule has 0 radical (unpaired) electrons. The Bertz CT molecular complexity index is 329. The molecule has 1 N–H and O–H groups in total. The van der Waals surface area contributed by atoms with Gasteiger partial charge in [0.1, 0.15) is 11.6 Å². The lowest BCUT2D eigenvalue weighted by atomic mass is 10.1. The highest BCUT2D eigenvalue weighted by atomic mass is 15.3. The third kappa shape index (κ3) is 1.91. The molecule has 2 rings (SSSR count). The molecule has 1 aliphatic heterocycles.